The Balaban J connectivity index is 2.13. The number of fused-ring (bicyclic) bond motifs is 3. The Labute approximate surface area is 75.9 Å². The molecule has 0 aliphatic carbocycles. The van der Waals surface area contributed by atoms with E-state index < -0.39 is 0 Å². The lowest BCUT2D eigenvalue weighted by atomic mass is 10.1. The number of para-hydroxylation sites is 1. The minimum atomic E-state index is -0.199. The first-order valence-electron chi connectivity index (χ1n) is 4.40. The van der Waals surface area contributed by atoms with Crippen molar-refractivity contribution in [2.75, 3.05) is 11.5 Å². The van der Waals surface area contributed by atoms with Crippen LogP contribution in [-0.4, -0.2) is 18.7 Å². The van der Waals surface area contributed by atoms with Gasteiger partial charge in [0.25, 0.3) is 0 Å². The average Bonchev–Trinajstić information content (AvgIpc) is 2.66. The first kappa shape index (κ1) is 6.95. The Kier molecular flexibility index (Phi) is 1.20. The molecule has 1 saturated heterocycles. The van der Waals surface area contributed by atoms with E-state index in [9.17, 15) is 4.79 Å². The van der Waals surface area contributed by atoms with Gasteiger partial charge in [-0.2, -0.15) is 0 Å². The van der Waals surface area contributed by atoms with Crippen LogP contribution >= 0.6 is 0 Å². The summed E-state index contributed by atoms with van der Waals surface area (Å²) in [6, 6.07) is 8.24. The van der Waals surface area contributed by atoms with E-state index in [1.165, 1.54) is 5.56 Å². The first-order chi connectivity index (χ1) is 6.36. The van der Waals surface area contributed by atoms with Crippen LogP contribution in [0.1, 0.15) is 5.56 Å². The molecule has 13 heavy (non-hydrogen) atoms. The van der Waals surface area contributed by atoms with Gasteiger partial charge in [0.1, 0.15) is 6.61 Å². The largest absolute Gasteiger partial charge is 0.447 e. The molecule has 0 unspecified atom stereocenters. The number of hydrogen-bond donors (Lipinski definition) is 0. The Morgan fingerprint density at radius 1 is 1.38 bits per heavy atom. The molecule has 2 heterocycles. The van der Waals surface area contributed by atoms with E-state index in [0.29, 0.717) is 6.61 Å². The van der Waals surface area contributed by atoms with Gasteiger partial charge >= 0.3 is 6.09 Å². The molecule has 1 fully saturated rings. The van der Waals surface area contributed by atoms with Gasteiger partial charge in [-0.3, -0.25) is 4.90 Å². The van der Waals surface area contributed by atoms with Crippen molar-refractivity contribution in [3.8, 4) is 0 Å². The van der Waals surface area contributed by atoms with Crippen LogP contribution in [0.25, 0.3) is 0 Å². The topological polar surface area (TPSA) is 29.5 Å². The highest BCUT2D eigenvalue weighted by Crippen LogP contribution is 2.35. The van der Waals surface area contributed by atoms with Crippen molar-refractivity contribution in [2.24, 2.45) is 0 Å². The summed E-state index contributed by atoms with van der Waals surface area (Å²) in [5, 5.41) is 0. The molecule has 1 atom stereocenters. The van der Waals surface area contributed by atoms with Crippen LogP contribution in [0.4, 0.5) is 10.5 Å². The van der Waals surface area contributed by atoms with E-state index in [1.807, 2.05) is 18.2 Å². The minimum absolute atomic E-state index is 0.199. The van der Waals surface area contributed by atoms with Crippen LogP contribution in [0.15, 0.2) is 24.3 Å². The van der Waals surface area contributed by atoms with Crippen LogP contribution in [0.5, 0.6) is 0 Å². The third-order valence-corrected chi connectivity index (χ3v) is 2.67. The Morgan fingerprint density at radius 3 is 3.15 bits per heavy atom. The smallest absolute Gasteiger partial charge is 0.414 e. The number of nitrogens with zero attached hydrogens (tertiary/aromatic N) is 1. The number of hydrogen-bond acceptors (Lipinski definition) is 2. The van der Waals surface area contributed by atoms with E-state index >= 15 is 0 Å². The molecular weight excluding hydrogens is 166 g/mol. The molecule has 1 aromatic carbocycles. The highest BCUT2D eigenvalue weighted by atomic mass is 16.6. The van der Waals surface area contributed by atoms with Crippen molar-refractivity contribution in [1.29, 1.82) is 0 Å². The summed E-state index contributed by atoms with van der Waals surface area (Å²) in [6.07, 6.45) is 0.733. The van der Waals surface area contributed by atoms with Crippen molar-refractivity contribution < 1.29 is 9.53 Å². The van der Waals surface area contributed by atoms with Crippen molar-refractivity contribution in [3.05, 3.63) is 29.8 Å². The van der Waals surface area contributed by atoms with Crippen LogP contribution < -0.4 is 4.90 Å². The molecule has 0 aromatic heterocycles. The molecular formula is C10H9NO2. The third-order valence-electron chi connectivity index (χ3n) is 2.67. The van der Waals surface area contributed by atoms with Gasteiger partial charge in [-0.05, 0) is 18.1 Å². The number of rotatable bonds is 0. The predicted molar refractivity (Wildman–Crippen MR) is 47.8 cm³/mol. The van der Waals surface area contributed by atoms with Gasteiger partial charge in [-0.25, -0.2) is 4.79 Å². The second kappa shape index (κ2) is 2.25. The second-order valence-corrected chi connectivity index (χ2v) is 3.43. The SMILES string of the molecule is O=C1OC[C@H]2Cc3ccccc3N12. The summed E-state index contributed by atoms with van der Waals surface area (Å²) in [5.74, 6) is 0. The summed E-state index contributed by atoms with van der Waals surface area (Å²) >= 11 is 0. The van der Waals surface area contributed by atoms with Crippen LogP contribution in [0.2, 0.25) is 0 Å². The van der Waals surface area contributed by atoms with E-state index in [0.717, 1.165) is 12.1 Å². The fourth-order valence-electron chi connectivity index (χ4n) is 2.08. The third kappa shape index (κ3) is 0.813. The number of benzene rings is 1. The molecule has 2 aliphatic rings. The lowest BCUT2D eigenvalue weighted by Gasteiger charge is -2.11. The Hall–Kier alpha value is -1.51. The highest BCUT2D eigenvalue weighted by Gasteiger charge is 2.40. The molecule has 66 valence electrons. The number of anilines is 1. The quantitative estimate of drug-likeness (QED) is 0.599. The van der Waals surface area contributed by atoms with Gasteiger partial charge in [0.15, 0.2) is 0 Å². The predicted octanol–water partition coefficient (Wildman–Crippen LogP) is 1.57. The zero-order chi connectivity index (χ0) is 8.84. The van der Waals surface area contributed by atoms with E-state index in [-0.39, 0.29) is 12.1 Å². The fourth-order valence-corrected chi connectivity index (χ4v) is 2.08. The molecule has 0 radical (unpaired) electrons. The molecule has 0 saturated carbocycles. The van der Waals surface area contributed by atoms with Gasteiger partial charge in [0.05, 0.1) is 11.7 Å². The first-order valence-corrected chi connectivity index (χ1v) is 4.40. The molecule has 3 rings (SSSR count). The summed E-state index contributed by atoms with van der Waals surface area (Å²) in [5.41, 5.74) is 2.28. The second-order valence-electron chi connectivity index (χ2n) is 3.43. The van der Waals surface area contributed by atoms with Crippen LogP contribution in [0, 0.1) is 0 Å². The van der Waals surface area contributed by atoms with Crippen LogP contribution in [0.3, 0.4) is 0 Å². The lowest BCUT2D eigenvalue weighted by Crippen LogP contribution is -2.29. The summed E-state index contributed by atoms with van der Waals surface area (Å²) in [4.78, 5) is 13.1. The van der Waals surface area contributed by atoms with E-state index in [1.54, 1.807) is 4.90 Å². The summed E-state index contributed by atoms with van der Waals surface area (Å²) in [7, 11) is 0. The van der Waals surface area contributed by atoms with Gasteiger partial charge in [0, 0.05) is 0 Å². The highest BCUT2D eigenvalue weighted by molar-refractivity contribution is 5.93. The zero-order valence-electron chi connectivity index (χ0n) is 7.06. The molecule has 0 bridgehead atoms. The Bertz CT molecular complexity index is 375. The monoisotopic (exact) mass is 175 g/mol. The molecule has 3 heteroatoms. The molecule has 3 nitrogen and oxygen atoms in total. The maximum absolute atomic E-state index is 11.3. The normalized spacial score (nSPS) is 24.2. The summed E-state index contributed by atoms with van der Waals surface area (Å²) in [6.45, 7) is 0.535. The molecule has 0 spiro atoms. The molecule has 2 aliphatic heterocycles. The van der Waals surface area contributed by atoms with E-state index in [4.69, 9.17) is 4.74 Å². The van der Waals surface area contributed by atoms with Crippen molar-refractivity contribution >= 4 is 11.8 Å². The van der Waals surface area contributed by atoms with Gasteiger partial charge in [-0.15, -0.1) is 0 Å². The van der Waals surface area contributed by atoms with Crippen molar-refractivity contribution in [2.45, 2.75) is 12.5 Å². The van der Waals surface area contributed by atoms with Crippen molar-refractivity contribution in [1.82, 2.24) is 0 Å². The number of cyclic esters (lactones) is 1. The van der Waals surface area contributed by atoms with Gasteiger partial charge in [0.2, 0.25) is 0 Å². The number of ether oxygens (including phenoxy) is 1. The standard InChI is InChI=1S/C10H9NO2/c12-10-11-8(6-13-10)5-7-3-1-2-4-9(7)11/h1-4,8H,5-6H2/t8-/m1/s1. The average molecular weight is 175 g/mol. The Morgan fingerprint density at radius 2 is 2.23 bits per heavy atom. The fraction of sp³-hybridized carbons (Fsp3) is 0.300. The number of carbonyl (C=O) groups is 1. The van der Waals surface area contributed by atoms with Crippen LogP contribution in [-0.2, 0) is 11.2 Å². The maximum Gasteiger partial charge on any atom is 0.414 e. The lowest BCUT2D eigenvalue weighted by molar-refractivity contribution is 0.178. The molecule has 1 aromatic rings. The maximum atomic E-state index is 11.3. The van der Waals surface area contributed by atoms with E-state index in [2.05, 4.69) is 6.07 Å². The number of carbonyl (C=O) groups excluding carboxylic acids is 1. The molecule has 0 N–H and O–H groups in total. The molecule has 1 amide bonds. The van der Waals surface area contributed by atoms with Gasteiger partial charge in [-0.1, -0.05) is 18.2 Å². The summed E-state index contributed by atoms with van der Waals surface area (Å²) < 4.78 is 4.96. The zero-order valence-corrected chi connectivity index (χ0v) is 7.06. The minimum Gasteiger partial charge on any atom is -0.447 e. The van der Waals surface area contributed by atoms with Gasteiger partial charge < -0.3 is 4.74 Å². The van der Waals surface area contributed by atoms with Crippen molar-refractivity contribution in [3.63, 3.8) is 0 Å². The number of amides is 1.